The number of benzene rings is 1. The molecule has 0 saturated carbocycles. The zero-order chi connectivity index (χ0) is 26.9. The summed E-state index contributed by atoms with van der Waals surface area (Å²) in [6, 6.07) is 8.60. The van der Waals surface area contributed by atoms with Gasteiger partial charge in [-0.3, -0.25) is 14.9 Å². The fraction of sp³-hybridized carbons (Fsp3) is 0.296. The molecule has 1 aliphatic carbocycles. The fourth-order valence-electron chi connectivity index (χ4n) is 4.40. The maximum atomic E-state index is 12.5. The summed E-state index contributed by atoms with van der Waals surface area (Å²) in [6.07, 6.45) is 5.51. The summed E-state index contributed by atoms with van der Waals surface area (Å²) in [7, 11) is 0. The van der Waals surface area contributed by atoms with Crippen molar-refractivity contribution in [2.75, 3.05) is 5.32 Å². The summed E-state index contributed by atoms with van der Waals surface area (Å²) >= 11 is 19.0. The van der Waals surface area contributed by atoms with Crippen LogP contribution in [0, 0.1) is 11.3 Å². The number of nitrogens with two attached hydrogens (primary N) is 1. The molecule has 0 aliphatic heterocycles. The first-order chi connectivity index (χ1) is 17.4. The minimum atomic E-state index is -0.502. The fourth-order valence-corrected chi connectivity index (χ4v) is 6.50. The van der Waals surface area contributed by atoms with Gasteiger partial charge in [0.1, 0.15) is 16.5 Å². The minimum Gasteiger partial charge on any atom is -0.457 e. The van der Waals surface area contributed by atoms with Crippen LogP contribution < -0.4 is 16.4 Å². The molecule has 194 valence electrons. The van der Waals surface area contributed by atoms with Crippen molar-refractivity contribution in [2.24, 2.45) is 17.1 Å². The summed E-state index contributed by atoms with van der Waals surface area (Å²) in [5.41, 5.74) is 8.03. The molecule has 0 saturated heterocycles. The Balaban J connectivity index is 1.41. The van der Waals surface area contributed by atoms with Gasteiger partial charge in [-0.15, -0.1) is 11.3 Å². The lowest BCUT2D eigenvalue weighted by molar-refractivity contribution is -0.115. The van der Waals surface area contributed by atoms with Crippen molar-refractivity contribution in [3.05, 3.63) is 68.2 Å². The van der Waals surface area contributed by atoms with E-state index in [9.17, 15) is 9.59 Å². The second-order valence-electron chi connectivity index (χ2n) is 9.98. The minimum absolute atomic E-state index is 0.0798. The van der Waals surface area contributed by atoms with E-state index >= 15 is 0 Å². The van der Waals surface area contributed by atoms with Gasteiger partial charge in [0, 0.05) is 21.5 Å². The van der Waals surface area contributed by atoms with Gasteiger partial charge in [-0.2, -0.15) is 0 Å². The molecule has 4 rings (SSSR count). The van der Waals surface area contributed by atoms with Gasteiger partial charge in [0.2, 0.25) is 5.91 Å². The van der Waals surface area contributed by atoms with Crippen LogP contribution in [0.1, 0.15) is 53.8 Å². The number of thiophene rings is 1. The third-order valence-electron chi connectivity index (χ3n) is 6.42. The van der Waals surface area contributed by atoms with Gasteiger partial charge >= 0.3 is 0 Å². The molecule has 0 unspecified atom stereocenters. The van der Waals surface area contributed by atoms with Gasteiger partial charge in [-0.05, 0) is 84.8 Å². The molecule has 2 heterocycles. The predicted octanol–water partition coefficient (Wildman–Crippen LogP) is 7.09. The van der Waals surface area contributed by atoms with E-state index in [4.69, 9.17) is 45.6 Å². The van der Waals surface area contributed by atoms with Crippen molar-refractivity contribution in [1.82, 2.24) is 5.32 Å². The van der Waals surface area contributed by atoms with E-state index in [1.807, 2.05) is 0 Å². The normalized spacial score (nSPS) is 15.4. The summed E-state index contributed by atoms with van der Waals surface area (Å²) in [6.45, 7) is 6.71. The molecule has 4 N–H and O–H groups in total. The number of amides is 2. The number of hydrogen-bond donors (Lipinski definition) is 3. The molecule has 0 fully saturated rings. The van der Waals surface area contributed by atoms with E-state index in [-0.39, 0.29) is 10.5 Å². The number of primary amides is 1. The van der Waals surface area contributed by atoms with Crippen LogP contribution in [0.3, 0.4) is 0 Å². The number of thiocarbonyl (C=S) groups is 1. The molecule has 1 aromatic carbocycles. The van der Waals surface area contributed by atoms with Gasteiger partial charge in [-0.1, -0.05) is 44.0 Å². The number of rotatable bonds is 5. The Morgan fingerprint density at radius 3 is 2.65 bits per heavy atom. The van der Waals surface area contributed by atoms with E-state index in [1.54, 1.807) is 30.3 Å². The van der Waals surface area contributed by atoms with Gasteiger partial charge in [0.15, 0.2) is 5.11 Å². The SMILES string of the molecule is CC(C)(C)[C@@H]1CCc2c(sc(NC(=S)NC(=O)/C=C/c3ccc(-c4ccc(Cl)cc4Cl)o3)c2C(N)=O)C1. The number of carbonyl (C=O) groups is 2. The molecule has 0 bridgehead atoms. The molecule has 2 aromatic heterocycles. The molecule has 2 amide bonds. The summed E-state index contributed by atoms with van der Waals surface area (Å²) in [5, 5.41) is 7.25. The molecule has 6 nitrogen and oxygen atoms in total. The van der Waals surface area contributed by atoms with Gasteiger partial charge in [-0.25, -0.2) is 0 Å². The molecule has 10 heteroatoms. The zero-order valence-corrected chi connectivity index (χ0v) is 23.8. The van der Waals surface area contributed by atoms with Crippen LogP contribution in [-0.4, -0.2) is 16.9 Å². The molecular formula is C27H27Cl2N3O3S2. The quantitative estimate of drug-likeness (QED) is 0.223. The van der Waals surface area contributed by atoms with Crippen molar-refractivity contribution in [3.63, 3.8) is 0 Å². The maximum Gasteiger partial charge on any atom is 0.251 e. The van der Waals surface area contributed by atoms with Crippen LogP contribution in [0.5, 0.6) is 0 Å². The molecular weight excluding hydrogens is 549 g/mol. The number of fused-ring (bicyclic) bond motifs is 1. The number of halogens is 2. The average Bonchev–Trinajstić information content (AvgIpc) is 3.40. The van der Waals surface area contributed by atoms with Gasteiger partial charge in [0.25, 0.3) is 5.91 Å². The largest absolute Gasteiger partial charge is 0.457 e. The average molecular weight is 577 g/mol. The monoisotopic (exact) mass is 575 g/mol. The Kier molecular flexibility index (Phi) is 8.14. The molecule has 1 aliphatic rings. The Morgan fingerprint density at radius 1 is 1.22 bits per heavy atom. The Morgan fingerprint density at radius 2 is 1.97 bits per heavy atom. The zero-order valence-electron chi connectivity index (χ0n) is 20.6. The number of nitrogens with one attached hydrogen (secondary N) is 2. The Hall–Kier alpha value is -2.65. The Labute approximate surface area is 235 Å². The summed E-state index contributed by atoms with van der Waals surface area (Å²) < 4.78 is 5.77. The topological polar surface area (TPSA) is 97.4 Å². The number of furan rings is 1. The molecule has 0 radical (unpaired) electrons. The Bertz CT molecular complexity index is 1400. The highest BCUT2D eigenvalue weighted by Gasteiger charge is 2.33. The number of hydrogen-bond acceptors (Lipinski definition) is 5. The highest BCUT2D eigenvalue weighted by Crippen LogP contribution is 2.44. The lowest BCUT2D eigenvalue weighted by Crippen LogP contribution is -2.33. The van der Waals surface area contributed by atoms with E-state index < -0.39 is 11.8 Å². The molecule has 1 atom stereocenters. The smallest absolute Gasteiger partial charge is 0.251 e. The lowest BCUT2D eigenvalue weighted by Gasteiger charge is -2.33. The van der Waals surface area contributed by atoms with Crippen LogP contribution in [0.2, 0.25) is 10.0 Å². The molecule has 3 aromatic rings. The van der Waals surface area contributed by atoms with Gasteiger partial charge < -0.3 is 15.5 Å². The number of carbonyl (C=O) groups excluding carboxylic acids is 2. The standard InChI is InChI=1S/C27H27Cl2N3O3S2/c1-27(2,3)14-4-8-18-21(12-14)37-25(23(18)24(30)34)32-26(36)31-22(33)11-7-16-6-10-20(35-16)17-9-5-15(28)13-19(17)29/h5-7,9-11,13-14H,4,8,12H2,1-3H3,(H2,30,34)(H2,31,32,33,36)/b11-7+/t14-/m1/s1. The third kappa shape index (κ3) is 6.44. The maximum absolute atomic E-state index is 12.5. The predicted molar refractivity (Wildman–Crippen MR) is 155 cm³/mol. The van der Waals surface area contributed by atoms with Crippen molar-refractivity contribution in [1.29, 1.82) is 0 Å². The van der Waals surface area contributed by atoms with E-state index in [0.717, 1.165) is 29.7 Å². The second-order valence-corrected chi connectivity index (χ2v) is 12.3. The van der Waals surface area contributed by atoms with Crippen LogP contribution in [0.15, 0.2) is 40.8 Å². The molecule has 0 spiro atoms. The van der Waals surface area contributed by atoms with Crippen LogP contribution in [0.4, 0.5) is 5.00 Å². The van der Waals surface area contributed by atoms with Crippen molar-refractivity contribution >= 4 is 74.8 Å². The van der Waals surface area contributed by atoms with Crippen LogP contribution in [0.25, 0.3) is 17.4 Å². The first kappa shape index (κ1) is 27.4. The summed E-state index contributed by atoms with van der Waals surface area (Å²) in [4.78, 5) is 25.9. The van der Waals surface area contributed by atoms with Crippen LogP contribution in [-0.2, 0) is 17.6 Å². The second kappa shape index (κ2) is 11.0. The first-order valence-electron chi connectivity index (χ1n) is 11.7. The van der Waals surface area contributed by atoms with Crippen LogP contribution >= 0.6 is 46.8 Å². The third-order valence-corrected chi connectivity index (χ3v) is 8.34. The van der Waals surface area contributed by atoms with Crippen molar-refractivity contribution < 1.29 is 14.0 Å². The van der Waals surface area contributed by atoms with Crippen molar-refractivity contribution in [3.8, 4) is 11.3 Å². The van der Waals surface area contributed by atoms with Gasteiger partial charge in [0.05, 0.1) is 10.6 Å². The number of anilines is 1. The summed E-state index contributed by atoms with van der Waals surface area (Å²) in [5.74, 6) is 0.577. The van der Waals surface area contributed by atoms with E-state index in [0.29, 0.717) is 43.6 Å². The lowest BCUT2D eigenvalue weighted by atomic mass is 9.72. The van der Waals surface area contributed by atoms with E-state index in [2.05, 4.69) is 31.4 Å². The molecule has 37 heavy (non-hydrogen) atoms. The highest BCUT2D eigenvalue weighted by atomic mass is 35.5. The highest BCUT2D eigenvalue weighted by molar-refractivity contribution is 7.80. The van der Waals surface area contributed by atoms with E-state index in [1.165, 1.54) is 23.5 Å². The first-order valence-corrected chi connectivity index (χ1v) is 13.7. The van der Waals surface area contributed by atoms with Crippen molar-refractivity contribution in [2.45, 2.75) is 40.0 Å².